The fraction of sp³-hybridized carbons (Fsp3) is 0.915. The van der Waals surface area contributed by atoms with Gasteiger partial charge in [0.1, 0.15) is 35.6 Å². The number of hydrogen-bond donors (Lipinski definition) is 0. The molecule has 22 nitrogen and oxygen atoms in total. The third-order valence-corrected chi connectivity index (χ3v) is 34.7. The molecule has 826 valence electrons. The van der Waals surface area contributed by atoms with Gasteiger partial charge >= 0.3 is 59.7 Å². The van der Waals surface area contributed by atoms with Crippen LogP contribution in [-0.2, 0) is 105 Å². The molecule has 7 unspecified atom stereocenters. The molecule has 14 aliphatic carbocycles. The number of fused-ring (bicyclic) bond motifs is 4. The molecule has 0 aromatic rings. The maximum Gasteiger partial charge on any atom is 0.344 e. The molecule has 14 aliphatic rings. The van der Waals surface area contributed by atoms with Crippen molar-refractivity contribution in [2.75, 3.05) is 40.0 Å². The highest BCUT2D eigenvalue weighted by atomic mass is 16.7. The SMILES string of the molecule is C.C.C.C.C.C.C.C.C.C.C.C.CCC(C)(C)C(=O)OCC(=O)OC1(C)C2CC3CC(C2)CC1C3.CCC(C)(C)C(=O)OCCC(=O)OC1(C)C2CC3CC(C2)CC1C3.CCC(C)(C)C(=O)OCOC1C2(C)CCC(C2)C1(C)C.CCC(C)C(=O)OCOC1C2(C)CCC(C2)C1(C)C.CCC1(OC(=O)CCOC(=O)C(C)(C)CC)CCCCC1.CCC1(OC(=O)COC(=O)C(C)(C)CC)CCCCC1. The van der Waals surface area contributed by atoms with Gasteiger partial charge in [0, 0.05) is 0 Å². The fourth-order valence-corrected chi connectivity index (χ4v) is 23.5. The lowest BCUT2D eigenvalue weighted by atomic mass is 9.50. The second kappa shape index (κ2) is 60.0. The first-order chi connectivity index (χ1) is 59.1. The van der Waals surface area contributed by atoms with Crippen molar-refractivity contribution in [3.05, 3.63) is 0 Å². The molecule has 0 spiro atoms. The highest BCUT2D eigenvalue weighted by Gasteiger charge is 2.63. The van der Waals surface area contributed by atoms with Gasteiger partial charge in [-0.05, 0) is 369 Å². The second-order valence-electron chi connectivity index (χ2n) is 46.5. The molecule has 0 saturated heterocycles. The zero-order valence-electron chi connectivity index (χ0n) is 84.7. The van der Waals surface area contributed by atoms with Gasteiger partial charge in [-0.2, -0.15) is 0 Å². The average molecular weight is 1990 g/mol. The lowest BCUT2D eigenvalue weighted by Gasteiger charge is -2.59. The molecule has 139 heavy (non-hydrogen) atoms. The van der Waals surface area contributed by atoms with Crippen molar-refractivity contribution < 1.29 is 105 Å². The van der Waals surface area contributed by atoms with E-state index in [-0.39, 0.29) is 258 Å². The Morgan fingerprint density at radius 3 is 0.842 bits per heavy atom. The van der Waals surface area contributed by atoms with Crippen molar-refractivity contribution in [1.82, 2.24) is 0 Å². The normalized spacial score (nSPS) is 28.4. The third-order valence-electron chi connectivity index (χ3n) is 34.7. The molecule has 22 heteroatoms. The minimum Gasteiger partial charge on any atom is -0.465 e. The Balaban J connectivity index is -0.000000376. The van der Waals surface area contributed by atoms with E-state index in [1.807, 2.05) is 125 Å². The zero-order valence-corrected chi connectivity index (χ0v) is 84.7. The second-order valence-corrected chi connectivity index (χ2v) is 46.5. The Labute approximate surface area is 855 Å². The van der Waals surface area contributed by atoms with Crippen LogP contribution in [0, 0.1) is 114 Å². The van der Waals surface area contributed by atoms with E-state index in [0.717, 1.165) is 125 Å². The van der Waals surface area contributed by atoms with E-state index in [4.69, 9.17) is 56.8 Å². The summed E-state index contributed by atoms with van der Waals surface area (Å²) in [5.41, 5.74) is -2.81. The summed E-state index contributed by atoms with van der Waals surface area (Å²) in [5.74, 6) is 4.17. The first-order valence-corrected chi connectivity index (χ1v) is 50.3. The first-order valence-electron chi connectivity index (χ1n) is 50.3. The molecular weight excluding hydrogens is 1760 g/mol. The van der Waals surface area contributed by atoms with Gasteiger partial charge in [0.05, 0.1) is 58.0 Å². The van der Waals surface area contributed by atoms with E-state index in [2.05, 4.69) is 62.3 Å². The van der Waals surface area contributed by atoms with Crippen LogP contribution < -0.4 is 0 Å². The smallest absolute Gasteiger partial charge is 0.344 e. The Morgan fingerprint density at radius 1 is 0.309 bits per heavy atom. The van der Waals surface area contributed by atoms with Crippen LogP contribution in [0.1, 0.15) is 507 Å². The Morgan fingerprint density at radius 2 is 0.568 bits per heavy atom. The first kappa shape index (κ1) is 144. The van der Waals surface area contributed by atoms with Crippen molar-refractivity contribution in [3.8, 4) is 0 Å². The molecule has 0 aromatic carbocycles. The van der Waals surface area contributed by atoms with E-state index in [9.17, 15) is 47.9 Å². The van der Waals surface area contributed by atoms with Crippen molar-refractivity contribution in [2.24, 2.45) is 114 Å². The summed E-state index contributed by atoms with van der Waals surface area (Å²) in [7, 11) is 0. The van der Waals surface area contributed by atoms with E-state index in [1.165, 1.54) is 116 Å². The van der Waals surface area contributed by atoms with Gasteiger partial charge in [0.15, 0.2) is 26.8 Å². The summed E-state index contributed by atoms with van der Waals surface area (Å²) in [6, 6.07) is 0. The minimum absolute atomic E-state index is 0. The number of carbonyl (C=O) groups is 10. The van der Waals surface area contributed by atoms with Crippen LogP contribution in [0.25, 0.3) is 0 Å². The largest absolute Gasteiger partial charge is 0.465 e. The molecule has 7 atom stereocenters. The van der Waals surface area contributed by atoms with Crippen LogP contribution in [0.5, 0.6) is 0 Å². The molecule has 0 aliphatic heterocycles. The van der Waals surface area contributed by atoms with E-state index in [0.29, 0.717) is 36.5 Å². The summed E-state index contributed by atoms with van der Waals surface area (Å²) >= 11 is 0. The predicted molar refractivity (Wildman–Crippen MR) is 571 cm³/mol. The summed E-state index contributed by atoms with van der Waals surface area (Å²) in [6.45, 7) is 54.3. The number of carbonyl (C=O) groups excluding carboxylic acids is 10. The fourth-order valence-electron chi connectivity index (χ4n) is 23.5. The van der Waals surface area contributed by atoms with Gasteiger partial charge in [0.2, 0.25) is 0 Å². The summed E-state index contributed by atoms with van der Waals surface area (Å²) in [5, 5.41) is 0. The van der Waals surface area contributed by atoms with Crippen molar-refractivity contribution >= 4 is 59.7 Å². The maximum absolute atomic E-state index is 12.3. The van der Waals surface area contributed by atoms with Crippen LogP contribution in [0.4, 0.5) is 0 Å². The molecule has 0 radical (unpaired) electrons. The lowest BCUT2D eigenvalue weighted by Crippen LogP contribution is -2.58. The van der Waals surface area contributed by atoms with Crippen LogP contribution in [0.3, 0.4) is 0 Å². The number of ether oxygens (including phenoxy) is 12. The van der Waals surface area contributed by atoms with E-state index >= 15 is 0 Å². The highest BCUT2D eigenvalue weighted by molar-refractivity contribution is 5.81. The topological polar surface area (TPSA) is 281 Å². The molecule has 0 aromatic heterocycles. The third kappa shape index (κ3) is 36.9. The Hall–Kier alpha value is -5.38. The highest BCUT2D eigenvalue weighted by Crippen LogP contribution is 2.66. The number of esters is 10. The Bertz CT molecular complexity index is 3560. The maximum atomic E-state index is 12.3. The van der Waals surface area contributed by atoms with Gasteiger partial charge in [-0.1, -0.05) is 206 Å². The summed E-state index contributed by atoms with van der Waals surface area (Å²) in [6.07, 6.45) is 37.5. The van der Waals surface area contributed by atoms with Crippen molar-refractivity contribution in [3.63, 3.8) is 0 Å². The number of rotatable bonds is 34. The van der Waals surface area contributed by atoms with Crippen LogP contribution in [0.15, 0.2) is 0 Å². The molecule has 0 heterocycles. The summed E-state index contributed by atoms with van der Waals surface area (Å²) in [4.78, 5) is 120. The van der Waals surface area contributed by atoms with Crippen molar-refractivity contribution in [1.29, 1.82) is 0 Å². The Kier molecular flexibility index (Phi) is 62.3. The quantitative estimate of drug-likeness (QED) is 0.0329. The lowest BCUT2D eigenvalue weighted by molar-refractivity contribution is -0.208. The predicted octanol–water partition coefficient (Wildman–Crippen LogP) is 31.0. The van der Waals surface area contributed by atoms with Gasteiger partial charge in [-0.25, -0.2) is 9.59 Å². The van der Waals surface area contributed by atoms with Crippen molar-refractivity contribution in [2.45, 2.75) is 542 Å². The number of hydrogen-bond acceptors (Lipinski definition) is 22. The molecule has 14 rings (SSSR count). The molecule has 14 saturated carbocycles. The molecule has 12 bridgehead atoms. The standard InChI is InChI=1S/C20H32O4.C19H30O4.C17H30O4.C17H30O3.C16H28O4.C16H28O3.12CH4/c1-5-19(2,3)18(22)23-7-6-17(21)24-20(4)15-9-13-8-14(11-15)12-16(20)10-13;1-5-18(2,3)17(21)22-11-16(20)23-19(4)14-7-12-6-13(9-14)10-15(19)8-12;1-5-16(3,4)15(19)20-13-10-14(18)21-17(6-2)11-8-7-9-12-17;1-7-15(2,3)14(18)20-11-19-13-16(4,5)12-8-9-17(13,6)10-12;1-5-15(3,4)14(18)19-12-13(17)20-16(6-2)10-8-7-9-11-16;1-6-11(2)13(17)18-10-19-14-15(3,4)12-7-8-16(14,5)9-12;;;;;;;;;;;;/h13-16H,5-12H2,1-4H3;12-15H,5-11H2,1-4H3;5-13H2,1-4H3;12-13H,7-11H2,1-6H3;5-12H2,1-4H3;11-12,14H,6-10H2,1-5H3;12*1H4. The summed E-state index contributed by atoms with van der Waals surface area (Å²) < 4.78 is 66.5. The molecule has 14 fully saturated rings. The average Bonchev–Trinajstić information content (AvgIpc) is 1.71. The van der Waals surface area contributed by atoms with Gasteiger partial charge in [0.25, 0.3) is 0 Å². The van der Waals surface area contributed by atoms with Gasteiger partial charge in [-0.3, -0.25) is 38.4 Å². The molecular formula is C117H226O22. The minimum atomic E-state index is -0.549. The molecule has 0 N–H and O–H groups in total. The molecule has 0 amide bonds. The monoisotopic (exact) mass is 1980 g/mol. The zero-order chi connectivity index (χ0) is 95.0. The van der Waals surface area contributed by atoms with E-state index in [1.54, 1.807) is 0 Å². The van der Waals surface area contributed by atoms with Crippen LogP contribution in [-0.4, -0.2) is 134 Å². The van der Waals surface area contributed by atoms with Crippen LogP contribution >= 0.6 is 0 Å². The van der Waals surface area contributed by atoms with E-state index < -0.39 is 33.0 Å². The van der Waals surface area contributed by atoms with Crippen LogP contribution in [0.2, 0.25) is 0 Å². The van der Waals surface area contributed by atoms with Gasteiger partial charge in [-0.15, -0.1) is 0 Å². The van der Waals surface area contributed by atoms with Gasteiger partial charge < -0.3 is 56.8 Å².